The molecule has 17 heavy (non-hydrogen) atoms. The predicted octanol–water partition coefficient (Wildman–Crippen LogP) is 3.45. The molecule has 0 aliphatic carbocycles. The van der Waals surface area contributed by atoms with Gasteiger partial charge in [0.25, 0.3) is 0 Å². The first-order chi connectivity index (χ1) is 8.06. The first-order valence-electron chi connectivity index (χ1n) is 5.88. The highest BCUT2D eigenvalue weighted by Gasteiger charge is 2.14. The van der Waals surface area contributed by atoms with Crippen molar-refractivity contribution in [2.75, 3.05) is 6.54 Å². The molecule has 1 unspecified atom stereocenters. The molecule has 1 rings (SSSR count). The maximum atomic E-state index is 13.5. The van der Waals surface area contributed by atoms with Crippen LogP contribution in [0.1, 0.15) is 25.8 Å². The van der Waals surface area contributed by atoms with Gasteiger partial charge in [-0.1, -0.05) is 31.2 Å². The van der Waals surface area contributed by atoms with Crippen molar-refractivity contribution in [3.05, 3.63) is 47.5 Å². The average Bonchev–Trinajstić information content (AvgIpc) is 2.29. The summed E-state index contributed by atoms with van der Waals surface area (Å²) < 4.78 is 26.6. The summed E-state index contributed by atoms with van der Waals surface area (Å²) >= 11 is 0. The third-order valence-corrected chi connectivity index (χ3v) is 2.69. The Labute approximate surface area is 102 Å². The molecule has 94 valence electrons. The number of nitrogens with one attached hydrogen (secondary N) is 1. The van der Waals surface area contributed by atoms with Crippen molar-refractivity contribution in [3.8, 4) is 0 Å². The van der Waals surface area contributed by atoms with Gasteiger partial charge in [-0.15, -0.1) is 0 Å². The monoisotopic (exact) mass is 239 g/mol. The standard InChI is InChI=1S/C14H19F2N/c1-4-8-17-13(10(2)3)9-11-6-5-7-12(15)14(11)16/h5-7,13,17H,2,4,8-9H2,1,3H3. The van der Waals surface area contributed by atoms with Crippen molar-refractivity contribution in [1.82, 2.24) is 5.32 Å². The molecule has 0 aliphatic rings. The van der Waals surface area contributed by atoms with Gasteiger partial charge in [0.05, 0.1) is 0 Å². The summed E-state index contributed by atoms with van der Waals surface area (Å²) in [6, 6.07) is 4.27. The second-order valence-corrected chi connectivity index (χ2v) is 4.27. The van der Waals surface area contributed by atoms with E-state index in [1.54, 1.807) is 6.07 Å². The molecule has 1 aromatic carbocycles. The Morgan fingerprint density at radius 2 is 2.12 bits per heavy atom. The SMILES string of the molecule is C=C(C)C(Cc1cccc(F)c1F)NCCC. The molecule has 1 aromatic rings. The fourth-order valence-electron chi connectivity index (χ4n) is 1.67. The van der Waals surface area contributed by atoms with E-state index in [0.29, 0.717) is 12.0 Å². The molecule has 1 nitrogen and oxygen atoms in total. The fourth-order valence-corrected chi connectivity index (χ4v) is 1.67. The molecule has 0 aliphatic heterocycles. The fraction of sp³-hybridized carbons (Fsp3) is 0.429. The van der Waals surface area contributed by atoms with E-state index in [-0.39, 0.29) is 6.04 Å². The second kappa shape index (κ2) is 6.50. The highest BCUT2D eigenvalue weighted by atomic mass is 19.2. The molecule has 0 aromatic heterocycles. The number of benzene rings is 1. The smallest absolute Gasteiger partial charge is 0.162 e. The van der Waals surface area contributed by atoms with Crippen LogP contribution in [-0.2, 0) is 6.42 Å². The van der Waals surface area contributed by atoms with E-state index in [1.807, 2.05) is 6.92 Å². The van der Waals surface area contributed by atoms with E-state index in [0.717, 1.165) is 24.6 Å². The van der Waals surface area contributed by atoms with Gasteiger partial charge in [-0.25, -0.2) is 8.78 Å². The highest BCUT2D eigenvalue weighted by molar-refractivity contribution is 5.22. The summed E-state index contributed by atoms with van der Waals surface area (Å²) in [4.78, 5) is 0. The molecule has 0 spiro atoms. The maximum Gasteiger partial charge on any atom is 0.162 e. The van der Waals surface area contributed by atoms with Gasteiger partial charge in [-0.3, -0.25) is 0 Å². The van der Waals surface area contributed by atoms with Crippen LogP contribution in [0.3, 0.4) is 0 Å². The summed E-state index contributed by atoms with van der Waals surface area (Å²) in [7, 11) is 0. The largest absolute Gasteiger partial charge is 0.310 e. The van der Waals surface area contributed by atoms with E-state index in [1.165, 1.54) is 6.07 Å². The molecule has 0 fully saturated rings. The first-order valence-corrected chi connectivity index (χ1v) is 5.88. The van der Waals surface area contributed by atoms with Crippen molar-refractivity contribution < 1.29 is 8.78 Å². The van der Waals surface area contributed by atoms with Gasteiger partial charge in [-0.2, -0.15) is 0 Å². The average molecular weight is 239 g/mol. The lowest BCUT2D eigenvalue weighted by Crippen LogP contribution is -2.32. The van der Waals surface area contributed by atoms with Crippen LogP contribution in [0.15, 0.2) is 30.4 Å². The summed E-state index contributed by atoms with van der Waals surface area (Å²) in [5, 5.41) is 3.28. The van der Waals surface area contributed by atoms with Gasteiger partial charge in [-0.05, 0) is 37.9 Å². The van der Waals surface area contributed by atoms with Crippen LogP contribution in [0.2, 0.25) is 0 Å². The first kappa shape index (κ1) is 13.8. The van der Waals surface area contributed by atoms with Gasteiger partial charge in [0.1, 0.15) is 0 Å². The molecule has 3 heteroatoms. The van der Waals surface area contributed by atoms with Crippen molar-refractivity contribution in [2.24, 2.45) is 0 Å². The number of hydrogen-bond donors (Lipinski definition) is 1. The molecule has 0 heterocycles. The predicted molar refractivity (Wildman–Crippen MR) is 67.0 cm³/mol. The van der Waals surface area contributed by atoms with E-state index in [9.17, 15) is 8.78 Å². The summed E-state index contributed by atoms with van der Waals surface area (Å²) in [6.45, 7) is 8.67. The van der Waals surface area contributed by atoms with Crippen molar-refractivity contribution in [3.63, 3.8) is 0 Å². The van der Waals surface area contributed by atoms with Crippen molar-refractivity contribution in [1.29, 1.82) is 0 Å². The van der Waals surface area contributed by atoms with E-state index < -0.39 is 11.6 Å². The van der Waals surface area contributed by atoms with E-state index in [2.05, 4.69) is 18.8 Å². The Hall–Kier alpha value is -1.22. The minimum Gasteiger partial charge on any atom is -0.310 e. The molecule has 0 bridgehead atoms. The van der Waals surface area contributed by atoms with Crippen LogP contribution < -0.4 is 5.32 Å². The Bertz CT molecular complexity index is 388. The zero-order chi connectivity index (χ0) is 12.8. The van der Waals surface area contributed by atoms with Crippen LogP contribution in [0.25, 0.3) is 0 Å². The lowest BCUT2D eigenvalue weighted by molar-refractivity contribution is 0.486. The molecule has 1 N–H and O–H groups in total. The van der Waals surface area contributed by atoms with Crippen LogP contribution in [0.5, 0.6) is 0 Å². The highest BCUT2D eigenvalue weighted by Crippen LogP contribution is 2.15. The molecular weight excluding hydrogens is 220 g/mol. The van der Waals surface area contributed by atoms with Crippen molar-refractivity contribution in [2.45, 2.75) is 32.7 Å². The van der Waals surface area contributed by atoms with Gasteiger partial charge in [0.15, 0.2) is 11.6 Å². The van der Waals surface area contributed by atoms with Crippen LogP contribution in [0, 0.1) is 11.6 Å². The normalized spacial score (nSPS) is 12.5. The van der Waals surface area contributed by atoms with Crippen LogP contribution in [0.4, 0.5) is 8.78 Å². The van der Waals surface area contributed by atoms with E-state index >= 15 is 0 Å². The molecule has 0 radical (unpaired) electrons. The Kier molecular flexibility index (Phi) is 5.29. The second-order valence-electron chi connectivity index (χ2n) is 4.27. The van der Waals surface area contributed by atoms with Gasteiger partial charge in [0, 0.05) is 6.04 Å². The zero-order valence-corrected chi connectivity index (χ0v) is 10.4. The lowest BCUT2D eigenvalue weighted by atomic mass is 10.00. The molecule has 0 amide bonds. The van der Waals surface area contributed by atoms with Gasteiger partial charge in [0.2, 0.25) is 0 Å². The third-order valence-electron chi connectivity index (χ3n) is 2.69. The Morgan fingerprint density at radius 3 is 2.71 bits per heavy atom. The molecule has 1 atom stereocenters. The number of rotatable bonds is 6. The lowest BCUT2D eigenvalue weighted by Gasteiger charge is -2.19. The number of halogens is 2. The Balaban J connectivity index is 2.78. The van der Waals surface area contributed by atoms with Crippen LogP contribution >= 0.6 is 0 Å². The van der Waals surface area contributed by atoms with Crippen LogP contribution in [-0.4, -0.2) is 12.6 Å². The maximum absolute atomic E-state index is 13.5. The molecule has 0 saturated carbocycles. The summed E-state index contributed by atoms with van der Waals surface area (Å²) in [6.07, 6.45) is 1.42. The Morgan fingerprint density at radius 1 is 1.41 bits per heavy atom. The topological polar surface area (TPSA) is 12.0 Å². The minimum atomic E-state index is -0.793. The zero-order valence-electron chi connectivity index (χ0n) is 10.4. The third kappa shape index (κ3) is 3.93. The quantitative estimate of drug-likeness (QED) is 0.750. The van der Waals surface area contributed by atoms with Gasteiger partial charge < -0.3 is 5.32 Å². The summed E-state index contributed by atoms with van der Waals surface area (Å²) in [5.41, 5.74) is 1.32. The van der Waals surface area contributed by atoms with E-state index in [4.69, 9.17) is 0 Å². The van der Waals surface area contributed by atoms with Gasteiger partial charge >= 0.3 is 0 Å². The minimum absolute atomic E-state index is 0.00810. The molecular formula is C14H19F2N. The van der Waals surface area contributed by atoms with Crippen molar-refractivity contribution >= 4 is 0 Å². The molecule has 0 saturated heterocycles. The number of hydrogen-bond acceptors (Lipinski definition) is 1. The summed E-state index contributed by atoms with van der Waals surface area (Å²) in [5.74, 6) is -1.55.